The number of hydrogen-bond donors (Lipinski definition) is 1. The maximum Gasteiger partial charge on any atom is 0.229 e. The van der Waals surface area contributed by atoms with E-state index in [0.717, 1.165) is 26.0 Å². The van der Waals surface area contributed by atoms with Gasteiger partial charge >= 0.3 is 0 Å². The number of nitrogens with zero attached hydrogens (tertiary/aromatic N) is 5. The summed E-state index contributed by atoms with van der Waals surface area (Å²) in [5.74, 6) is -0.316. The number of rotatable bonds is 6. The van der Waals surface area contributed by atoms with Gasteiger partial charge in [-0.05, 0) is 47.0 Å². The molecule has 164 valence electrons. The molecular weight excluding hydrogens is 459 g/mol. The molecule has 0 unspecified atom stereocenters. The zero-order valence-corrected chi connectivity index (χ0v) is 19.0. The summed E-state index contributed by atoms with van der Waals surface area (Å²) in [7, 11) is 0. The Morgan fingerprint density at radius 2 is 1.97 bits per heavy atom. The number of halogens is 1. The number of thiophene rings is 1. The lowest BCUT2D eigenvalue weighted by atomic mass is 10.2. The number of amides is 1. The fraction of sp³-hybridized carbons (Fsp3) is 0.0870. The van der Waals surface area contributed by atoms with E-state index in [0.29, 0.717) is 11.5 Å². The molecular formula is C23H17FN6OS2. The second-order valence-electron chi connectivity index (χ2n) is 7.16. The summed E-state index contributed by atoms with van der Waals surface area (Å²) in [6, 6.07) is 18.1. The summed E-state index contributed by atoms with van der Waals surface area (Å²) in [6.45, 7) is 1.74. The predicted molar refractivity (Wildman–Crippen MR) is 127 cm³/mol. The minimum Gasteiger partial charge on any atom is -0.323 e. The second kappa shape index (κ2) is 9.00. The Balaban J connectivity index is 1.42. The van der Waals surface area contributed by atoms with Crippen LogP contribution in [-0.4, -0.2) is 31.1 Å². The van der Waals surface area contributed by atoms with Crippen LogP contribution in [0.4, 0.5) is 10.1 Å². The molecule has 0 spiro atoms. The van der Waals surface area contributed by atoms with Crippen LogP contribution in [0, 0.1) is 12.7 Å². The molecule has 0 radical (unpaired) electrons. The van der Waals surface area contributed by atoms with Gasteiger partial charge in [-0.15, -0.1) is 27.8 Å². The molecule has 10 heteroatoms. The van der Waals surface area contributed by atoms with Crippen LogP contribution in [0.1, 0.15) is 10.7 Å². The molecule has 0 bridgehead atoms. The first-order valence-corrected chi connectivity index (χ1v) is 11.7. The SMILES string of the molecule is Cc1nnnn1-c1ccc(F)c(NC(=O)Cc2sc(-c3ccccc3)nc2-c2cccs2)c1. The summed E-state index contributed by atoms with van der Waals surface area (Å²) >= 11 is 3.03. The van der Waals surface area contributed by atoms with E-state index in [1.54, 1.807) is 24.3 Å². The molecule has 7 nitrogen and oxygen atoms in total. The van der Waals surface area contributed by atoms with Crippen LogP contribution in [0.2, 0.25) is 0 Å². The quantitative estimate of drug-likeness (QED) is 0.367. The van der Waals surface area contributed by atoms with Crippen LogP contribution in [0.15, 0.2) is 66.0 Å². The smallest absolute Gasteiger partial charge is 0.229 e. The number of carbonyl (C=O) groups excluding carboxylic acids is 1. The van der Waals surface area contributed by atoms with Gasteiger partial charge in [0, 0.05) is 10.4 Å². The van der Waals surface area contributed by atoms with E-state index in [1.807, 2.05) is 47.8 Å². The van der Waals surface area contributed by atoms with Crippen molar-refractivity contribution in [1.82, 2.24) is 25.2 Å². The molecule has 0 aliphatic carbocycles. The van der Waals surface area contributed by atoms with Gasteiger partial charge in [-0.3, -0.25) is 4.79 Å². The lowest BCUT2D eigenvalue weighted by Gasteiger charge is -2.09. The molecule has 0 saturated heterocycles. The minimum absolute atomic E-state index is 0.0675. The van der Waals surface area contributed by atoms with Crippen LogP contribution in [-0.2, 0) is 11.2 Å². The van der Waals surface area contributed by atoms with E-state index in [-0.39, 0.29) is 18.0 Å². The van der Waals surface area contributed by atoms with Gasteiger partial charge in [0.1, 0.15) is 10.8 Å². The van der Waals surface area contributed by atoms with E-state index in [1.165, 1.54) is 28.2 Å². The predicted octanol–water partition coefficient (Wildman–Crippen LogP) is 5.14. The lowest BCUT2D eigenvalue weighted by Crippen LogP contribution is -2.15. The number of anilines is 1. The third-order valence-corrected chi connectivity index (χ3v) is 6.87. The maximum atomic E-state index is 14.5. The Hall–Kier alpha value is -3.76. The van der Waals surface area contributed by atoms with Crippen molar-refractivity contribution in [2.45, 2.75) is 13.3 Å². The first kappa shape index (κ1) is 21.1. The van der Waals surface area contributed by atoms with E-state index < -0.39 is 5.82 Å². The van der Waals surface area contributed by atoms with E-state index in [2.05, 4.69) is 20.8 Å². The van der Waals surface area contributed by atoms with Crippen LogP contribution >= 0.6 is 22.7 Å². The van der Waals surface area contributed by atoms with E-state index in [9.17, 15) is 9.18 Å². The highest BCUT2D eigenvalue weighted by Gasteiger charge is 2.19. The van der Waals surface area contributed by atoms with Gasteiger partial charge in [0.2, 0.25) is 5.91 Å². The topological polar surface area (TPSA) is 85.6 Å². The highest BCUT2D eigenvalue weighted by atomic mass is 32.1. The number of hydrogen-bond acceptors (Lipinski definition) is 7. The van der Waals surface area contributed by atoms with Crippen molar-refractivity contribution in [3.63, 3.8) is 0 Å². The Morgan fingerprint density at radius 1 is 1.12 bits per heavy atom. The summed E-state index contributed by atoms with van der Waals surface area (Å²) in [5.41, 5.74) is 2.39. The molecule has 1 N–H and O–H groups in total. The molecule has 0 aliphatic heterocycles. The fourth-order valence-corrected chi connectivity index (χ4v) is 5.22. The largest absolute Gasteiger partial charge is 0.323 e. The lowest BCUT2D eigenvalue weighted by molar-refractivity contribution is -0.115. The molecule has 33 heavy (non-hydrogen) atoms. The van der Waals surface area contributed by atoms with Crippen LogP contribution < -0.4 is 5.32 Å². The Bertz CT molecular complexity index is 1410. The van der Waals surface area contributed by atoms with E-state index in [4.69, 9.17) is 4.98 Å². The maximum absolute atomic E-state index is 14.5. The van der Waals surface area contributed by atoms with Gasteiger partial charge in [-0.25, -0.2) is 9.37 Å². The number of tetrazole rings is 1. The van der Waals surface area contributed by atoms with Crippen LogP contribution in [0.5, 0.6) is 0 Å². The van der Waals surface area contributed by atoms with Crippen LogP contribution in [0.3, 0.4) is 0 Å². The van der Waals surface area contributed by atoms with Gasteiger partial charge in [-0.2, -0.15) is 4.68 Å². The Morgan fingerprint density at radius 3 is 2.70 bits per heavy atom. The molecule has 0 fully saturated rings. The van der Waals surface area contributed by atoms with Crippen molar-refractivity contribution in [1.29, 1.82) is 0 Å². The number of benzene rings is 2. The Kier molecular flexibility index (Phi) is 5.76. The number of aromatic nitrogens is 5. The molecule has 3 aromatic heterocycles. The third-order valence-electron chi connectivity index (χ3n) is 4.89. The van der Waals surface area contributed by atoms with Crippen molar-refractivity contribution in [3.8, 4) is 26.8 Å². The average molecular weight is 477 g/mol. The summed E-state index contributed by atoms with van der Waals surface area (Å²) in [5, 5.41) is 16.8. The van der Waals surface area contributed by atoms with Gasteiger partial charge in [-0.1, -0.05) is 36.4 Å². The molecule has 5 rings (SSSR count). The number of aryl methyl sites for hydroxylation is 1. The standard InChI is InChI=1S/C23H17FN6OS2/c1-14-27-28-29-30(14)16-9-10-17(24)18(12-16)25-21(31)13-20-22(19-8-5-11-32-19)26-23(33-20)15-6-3-2-4-7-15/h2-12H,13H2,1H3,(H,25,31). The van der Waals surface area contributed by atoms with Crippen molar-refractivity contribution in [2.24, 2.45) is 0 Å². The van der Waals surface area contributed by atoms with Crippen molar-refractivity contribution < 1.29 is 9.18 Å². The molecule has 0 atom stereocenters. The highest BCUT2D eigenvalue weighted by Crippen LogP contribution is 2.36. The Labute approximate surface area is 196 Å². The third kappa shape index (κ3) is 4.43. The normalized spacial score (nSPS) is 11.0. The van der Waals surface area contributed by atoms with Gasteiger partial charge in [0.15, 0.2) is 5.82 Å². The van der Waals surface area contributed by atoms with Crippen molar-refractivity contribution in [3.05, 3.63) is 82.6 Å². The van der Waals surface area contributed by atoms with Crippen molar-refractivity contribution in [2.75, 3.05) is 5.32 Å². The van der Waals surface area contributed by atoms with E-state index >= 15 is 0 Å². The molecule has 0 aliphatic rings. The van der Waals surface area contributed by atoms with Crippen LogP contribution in [0.25, 0.3) is 26.8 Å². The summed E-state index contributed by atoms with van der Waals surface area (Å²) in [6.07, 6.45) is 0.0747. The van der Waals surface area contributed by atoms with Gasteiger partial charge in [0.05, 0.1) is 28.4 Å². The molecule has 5 aromatic rings. The molecule has 2 aromatic carbocycles. The molecule has 3 heterocycles. The monoisotopic (exact) mass is 476 g/mol. The second-order valence-corrected chi connectivity index (χ2v) is 9.19. The molecule has 1 amide bonds. The zero-order chi connectivity index (χ0) is 22.8. The van der Waals surface area contributed by atoms with Gasteiger partial charge in [0.25, 0.3) is 0 Å². The van der Waals surface area contributed by atoms with Crippen molar-refractivity contribution >= 4 is 34.3 Å². The average Bonchev–Trinajstić information content (AvgIpc) is 3.57. The minimum atomic E-state index is -0.536. The highest BCUT2D eigenvalue weighted by molar-refractivity contribution is 7.17. The van der Waals surface area contributed by atoms with Gasteiger partial charge < -0.3 is 5.32 Å². The summed E-state index contributed by atoms with van der Waals surface area (Å²) < 4.78 is 15.9. The number of carbonyl (C=O) groups is 1. The fourth-order valence-electron chi connectivity index (χ4n) is 3.33. The number of thiazole rings is 1. The summed E-state index contributed by atoms with van der Waals surface area (Å²) in [4.78, 5) is 19.5. The first-order valence-electron chi connectivity index (χ1n) is 10.0. The first-order chi connectivity index (χ1) is 16.1. The number of nitrogens with one attached hydrogen (secondary N) is 1. The zero-order valence-electron chi connectivity index (χ0n) is 17.4. The molecule has 0 saturated carbocycles.